The Morgan fingerprint density at radius 3 is 2.85 bits per heavy atom. The zero-order chi connectivity index (χ0) is 15.1. The van der Waals surface area contributed by atoms with Crippen molar-refractivity contribution in [3.8, 4) is 11.8 Å². The molecule has 1 atom stereocenters. The van der Waals surface area contributed by atoms with Gasteiger partial charge in [-0.1, -0.05) is 18.8 Å². The molecule has 20 heavy (non-hydrogen) atoms. The molecule has 1 aromatic rings. The summed E-state index contributed by atoms with van der Waals surface area (Å²) in [6.45, 7) is 2.40. The molecule has 0 aliphatic heterocycles. The Labute approximate surface area is 123 Å². The van der Waals surface area contributed by atoms with Crippen LogP contribution in [0.15, 0.2) is 11.4 Å². The van der Waals surface area contributed by atoms with Crippen molar-refractivity contribution in [2.75, 3.05) is 27.2 Å². The third-order valence-corrected chi connectivity index (χ3v) is 3.68. The van der Waals surface area contributed by atoms with Gasteiger partial charge in [-0.2, -0.15) is 0 Å². The molecule has 2 amide bonds. The number of hydrogen-bond acceptors (Lipinski definition) is 4. The van der Waals surface area contributed by atoms with Crippen molar-refractivity contribution in [1.29, 1.82) is 0 Å². The Morgan fingerprint density at radius 2 is 2.25 bits per heavy atom. The molecule has 3 N–H and O–H groups in total. The van der Waals surface area contributed by atoms with Crippen molar-refractivity contribution in [2.45, 2.75) is 6.92 Å². The van der Waals surface area contributed by atoms with E-state index in [4.69, 9.17) is 5.73 Å². The highest BCUT2D eigenvalue weighted by atomic mass is 32.1. The molecule has 1 unspecified atom stereocenters. The van der Waals surface area contributed by atoms with E-state index in [1.165, 1.54) is 11.3 Å². The third-order valence-electron chi connectivity index (χ3n) is 2.77. The number of nitrogens with zero attached hydrogens (tertiary/aromatic N) is 1. The van der Waals surface area contributed by atoms with Gasteiger partial charge >= 0.3 is 0 Å². The quantitative estimate of drug-likeness (QED) is 0.794. The minimum absolute atomic E-state index is 0.0843. The van der Waals surface area contributed by atoms with Gasteiger partial charge in [-0.15, -0.1) is 11.3 Å². The largest absolute Gasteiger partial charge is 0.359 e. The van der Waals surface area contributed by atoms with Crippen LogP contribution in [0, 0.1) is 17.8 Å². The molecule has 0 spiro atoms. The molecule has 1 rings (SSSR count). The molecule has 108 valence electrons. The molecular formula is C14H19N3O2S. The van der Waals surface area contributed by atoms with Crippen LogP contribution in [-0.2, 0) is 4.79 Å². The molecule has 6 heteroatoms. The summed E-state index contributed by atoms with van der Waals surface area (Å²) in [5.74, 6) is 5.16. The fourth-order valence-electron chi connectivity index (χ4n) is 1.72. The molecule has 5 nitrogen and oxygen atoms in total. The Morgan fingerprint density at radius 1 is 1.55 bits per heavy atom. The number of carbonyl (C=O) groups excluding carboxylic acids is 2. The standard InChI is InChI=1S/C14H19N3O2S/c1-10(13(18)16-2)9-17(3)14(19)12-11(5-4-7-15)6-8-20-12/h6,8,10H,7,9,15H2,1-3H3,(H,16,18). The lowest BCUT2D eigenvalue weighted by Gasteiger charge is -2.20. The molecule has 0 aliphatic carbocycles. The highest BCUT2D eigenvalue weighted by Crippen LogP contribution is 2.18. The maximum atomic E-state index is 12.3. The fraction of sp³-hybridized carbons (Fsp3) is 0.429. The summed E-state index contributed by atoms with van der Waals surface area (Å²) >= 11 is 1.34. The average molecular weight is 293 g/mol. The molecule has 0 bridgehead atoms. The summed E-state index contributed by atoms with van der Waals surface area (Å²) in [5.41, 5.74) is 6.02. The van der Waals surface area contributed by atoms with Gasteiger partial charge in [0.1, 0.15) is 4.88 Å². The van der Waals surface area contributed by atoms with Crippen LogP contribution in [0.2, 0.25) is 0 Å². The predicted octanol–water partition coefficient (Wildman–Crippen LogP) is 0.512. The van der Waals surface area contributed by atoms with E-state index >= 15 is 0 Å². The van der Waals surface area contributed by atoms with E-state index in [9.17, 15) is 9.59 Å². The lowest BCUT2D eigenvalue weighted by atomic mass is 10.1. The SMILES string of the molecule is CNC(=O)C(C)CN(C)C(=O)c1sccc1C#CCN. The summed E-state index contributed by atoms with van der Waals surface area (Å²) in [6.07, 6.45) is 0. The van der Waals surface area contributed by atoms with Crippen molar-refractivity contribution in [3.63, 3.8) is 0 Å². The zero-order valence-corrected chi connectivity index (χ0v) is 12.7. The number of thiophene rings is 1. The first-order valence-electron chi connectivity index (χ1n) is 6.24. The van der Waals surface area contributed by atoms with Crippen molar-refractivity contribution >= 4 is 23.2 Å². The van der Waals surface area contributed by atoms with Gasteiger partial charge in [0, 0.05) is 26.2 Å². The van der Waals surface area contributed by atoms with Gasteiger partial charge < -0.3 is 16.0 Å². The fourth-order valence-corrected chi connectivity index (χ4v) is 2.56. The molecule has 0 fully saturated rings. The van der Waals surface area contributed by atoms with Crippen LogP contribution in [0.25, 0.3) is 0 Å². The van der Waals surface area contributed by atoms with E-state index in [-0.39, 0.29) is 24.3 Å². The van der Waals surface area contributed by atoms with E-state index < -0.39 is 0 Å². The Hall–Kier alpha value is -1.84. The van der Waals surface area contributed by atoms with Crippen LogP contribution >= 0.6 is 11.3 Å². The Balaban J connectivity index is 2.79. The minimum atomic E-state index is -0.257. The number of rotatable bonds is 4. The second-order valence-electron chi connectivity index (χ2n) is 4.37. The first-order valence-corrected chi connectivity index (χ1v) is 7.12. The number of hydrogen-bond donors (Lipinski definition) is 2. The normalized spacial score (nSPS) is 11.2. The summed E-state index contributed by atoms with van der Waals surface area (Å²) < 4.78 is 0. The second-order valence-corrected chi connectivity index (χ2v) is 5.29. The van der Waals surface area contributed by atoms with Crippen molar-refractivity contribution in [1.82, 2.24) is 10.2 Å². The maximum absolute atomic E-state index is 12.3. The third kappa shape index (κ3) is 4.08. The summed E-state index contributed by atoms with van der Waals surface area (Å²) in [5, 5.41) is 4.40. The Bertz CT molecular complexity index is 542. The summed E-state index contributed by atoms with van der Waals surface area (Å²) in [6, 6.07) is 1.80. The molecule has 0 aliphatic rings. The van der Waals surface area contributed by atoms with Gasteiger partial charge in [0.05, 0.1) is 12.5 Å². The highest BCUT2D eigenvalue weighted by Gasteiger charge is 2.20. The average Bonchev–Trinajstić information content (AvgIpc) is 2.91. The van der Waals surface area contributed by atoms with Crippen molar-refractivity contribution in [3.05, 3.63) is 21.9 Å². The number of nitrogens with one attached hydrogen (secondary N) is 1. The van der Waals surface area contributed by atoms with Gasteiger partial charge in [-0.05, 0) is 11.4 Å². The van der Waals surface area contributed by atoms with Gasteiger partial charge in [-0.3, -0.25) is 9.59 Å². The highest BCUT2D eigenvalue weighted by molar-refractivity contribution is 7.12. The van der Waals surface area contributed by atoms with Gasteiger partial charge in [0.25, 0.3) is 5.91 Å². The van der Waals surface area contributed by atoms with Gasteiger partial charge in [0.2, 0.25) is 5.91 Å². The number of nitrogens with two attached hydrogens (primary N) is 1. The first-order chi connectivity index (χ1) is 9.51. The second kappa shape index (κ2) is 7.68. The maximum Gasteiger partial charge on any atom is 0.264 e. The number of amides is 2. The predicted molar refractivity (Wildman–Crippen MR) is 80.4 cm³/mol. The summed E-state index contributed by atoms with van der Waals surface area (Å²) in [7, 11) is 3.27. The first kappa shape index (κ1) is 16.2. The molecule has 1 heterocycles. The van der Waals surface area contributed by atoms with Crippen LogP contribution in [0.3, 0.4) is 0 Å². The molecule has 0 aromatic carbocycles. The van der Waals surface area contributed by atoms with Crippen LogP contribution in [0.4, 0.5) is 0 Å². The van der Waals surface area contributed by atoms with Crippen molar-refractivity contribution in [2.24, 2.45) is 11.7 Å². The van der Waals surface area contributed by atoms with E-state index in [0.29, 0.717) is 17.0 Å². The molecule has 0 saturated heterocycles. The summed E-state index contributed by atoms with van der Waals surface area (Å²) in [4.78, 5) is 25.9. The van der Waals surface area contributed by atoms with Crippen LogP contribution in [0.1, 0.15) is 22.2 Å². The Kier molecular flexibility index (Phi) is 6.22. The monoisotopic (exact) mass is 293 g/mol. The van der Waals surface area contributed by atoms with Crippen molar-refractivity contribution < 1.29 is 9.59 Å². The van der Waals surface area contributed by atoms with E-state index in [2.05, 4.69) is 17.2 Å². The number of carbonyl (C=O) groups is 2. The van der Waals surface area contributed by atoms with E-state index in [0.717, 1.165) is 0 Å². The van der Waals surface area contributed by atoms with Gasteiger partial charge in [-0.25, -0.2) is 0 Å². The zero-order valence-electron chi connectivity index (χ0n) is 11.9. The van der Waals surface area contributed by atoms with E-state index in [1.807, 2.05) is 5.38 Å². The molecule has 0 radical (unpaired) electrons. The molecule has 1 aromatic heterocycles. The lowest BCUT2D eigenvalue weighted by molar-refractivity contribution is -0.124. The molecular weight excluding hydrogens is 274 g/mol. The topological polar surface area (TPSA) is 75.4 Å². The van der Waals surface area contributed by atoms with Crippen LogP contribution in [0.5, 0.6) is 0 Å². The van der Waals surface area contributed by atoms with Crippen LogP contribution in [-0.4, -0.2) is 43.9 Å². The van der Waals surface area contributed by atoms with E-state index in [1.54, 1.807) is 32.0 Å². The molecule has 0 saturated carbocycles. The van der Waals surface area contributed by atoms with Crippen LogP contribution < -0.4 is 11.1 Å². The van der Waals surface area contributed by atoms with Gasteiger partial charge in [0.15, 0.2) is 0 Å². The smallest absolute Gasteiger partial charge is 0.264 e. The lowest BCUT2D eigenvalue weighted by Crippen LogP contribution is -2.37. The minimum Gasteiger partial charge on any atom is -0.359 e.